The summed E-state index contributed by atoms with van der Waals surface area (Å²) < 4.78 is 12.7. The highest BCUT2D eigenvalue weighted by atomic mass is 35.5. The van der Waals surface area contributed by atoms with Crippen LogP contribution < -0.4 is 10.3 Å². The predicted octanol–water partition coefficient (Wildman–Crippen LogP) is 4.59. The van der Waals surface area contributed by atoms with Gasteiger partial charge in [-0.15, -0.1) is 0 Å². The number of rotatable bonds is 6. The minimum Gasteiger partial charge on any atom is -0.488 e. The Balaban J connectivity index is 1.48. The van der Waals surface area contributed by atoms with E-state index < -0.39 is 5.97 Å². The molecule has 4 rings (SSSR count). The lowest BCUT2D eigenvalue weighted by Gasteiger charge is -2.12. The van der Waals surface area contributed by atoms with Crippen molar-refractivity contribution in [2.24, 2.45) is 0 Å². The second kappa shape index (κ2) is 9.02. The van der Waals surface area contributed by atoms with E-state index in [0.717, 1.165) is 11.1 Å². The number of ether oxygens (including phenoxy) is 2. The summed E-state index contributed by atoms with van der Waals surface area (Å²) >= 11 is 5.90. The Morgan fingerprint density at radius 2 is 1.81 bits per heavy atom. The van der Waals surface area contributed by atoms with Crippen LogP contribution in [0.25, 0.3) is 5.65 Å². The molecule has 2 aromatic carbocycles. The van der Waals surface area contributed by atoms with Crippen molar-refractivity contribution >= 4 is 23.2 Å². The molecule has 2 aromatic heterocycles. The second-order valence-corrected chi connectivity index (χ2v) is 7.39. The van der Waals surface area contributed by atoms with Crippen molar-refractivity contribution in [3.8, 4) is 5.75 Å². The van der Waals surface area contributed by atoms with Crippen LogP contribution in [0.15, 0.2) is 77.7 Å². The van der Waals surface area contributed by atoms with Crippen LogP contribution in [-0.4, -0.2) is 15.4 Å². The smallest absolute Gasteiger partial charge is 0.342 e. The van der Waals surface area contributed by atoms with Gasteiger partial charge < -0.3 is 9.47 Å². The van der Waals surface area contributed by atoms with Crippen molar-refractivity contribution in [2.75, 3.05) is 0 Å². The number of aryl methyl sites for hydroxylation is 1. The van der Waals surface area contributed by atoms with Crippen LogP contribution in [0.1, 0.15) is 27.2 Å². The van der Waals surface area contributed by atoms with Crippen LogP contribution in [0.5, 0.6) is 5.75 Å². The molecule has 7 heteroatoms. The average molecular weight is 435 g/mol. The van der Waals surface area contributed by atoms with Gasteiger partial charge in [0.2, 0.25) is 0 Å². The number of fused-ring (bicyclic) bond motifs is 1. The Bertz CT molecular complexity index is 1300. The van der Waals surface area contributed by atoms with E-state index in [1.165, 1.54) is 10.5 Å². The zero-order chi connectivity index (χ0) is 21.8. The lowest BCUT2D eigenvalue weighted by atomic mass is 10.2. The van der Waals surface area contributed by atoms with Gasteiger partial charge in [0.05, 0.1) is 5.69 Å². The Hall–Kier alpha value is -3.64. The molecule has 0 aliphatic heterocycles. The largest absolute Gasteiger partial charge is 0.488 e. The number of benzene rings is 2. The summed E-state index contributed by atoms with van der Waals surface area (Å²) in [5.74, 6) is -0.150. The average Bonchev–Trinajstić information content (AvgIpc) is 2.78. The summed E-state index contributed by atoms with van der Waals surface area (Å²) in [5.41, 5.74) is 2.76. The fraction of sp³-hybridized carbons (Fsp3) is 0.125. The van der Waals surface area contributed by atoms with E-state index in [-0.39, 0.29) is 18.8 Å². The second-order valence-electron chi connectivity index (χ2n) is 6.96. The number of hydrogen-bond acceptors (Lipinski definition) is 5. The molecule has 0 aliphatic rings. The van der Waals surface area contributed by atoms with Crippen molar-refractivity contribution in [2.45, 2.75) is 20.1 Å². The van der Waals surface area contributed by atoms with Crippen molar-refractivity contribution in [1.29, 1.82) is 0 Å². The molecule has 4 aromatic rings. The maximum atomic E-state index is 12.7. The van der Waals surface area contributed by atoms with Gasteiger partial charge in [-0.25, -0.2) is 9.78 Å². The van der Waals surface area contributed by atoms with Crippen LogP contribution in [0.3, 0.4) is 0 Å². The molecule has 0 radical (unpaired) electrons. The fourth-order valence-electron chi connectivity index (χ4n) is 3.10. The van der Waals surface area contributed by atoms with Gasteiger partial charge in [-0.3, -0.25) is 9.20 Å². The first-order valence-corrected chi connectivity index (χ1v) is 10.0. The van der Waals surface area contributed by atoms with E-state index in [1.807, 2.05) is 25.1 Å². The van der Waals surface area contributed by atoms with E-state index in [1.54, 1.807) is 48.7 Å². The number of hydrogen-bond donors (Lipinski definition) is 0. The maximum Gasteiger partial charge on any atom is 0.342 e. The molecule has 2 heterocycles. The van der Waals surface area contributed by atoms with Crippen molar-refractivity contribution in [1.82, 2.24) is 9.38 Å². The fourth-order valence-corrected chi connectivity index (χ4v) is 3.23. The number of halogens is 1. The van der Waals surface area contributed by atoms with Crippen LogP contribution in [0.2, 0.25) is 5.02 Å². The van der Waals surface area contributed by atoms with Gasteiger partial charge in [-0.1, -0.05) is 41.9 Å². The van der Waals surface area contributed by atoms with Crippen molar-refractivity contribution < 1.29 is 14.3 Å². The van der Waals surface area contributed by atoms with Gasteiger partial charge in [0.1, 0.15) is 30.2 Å². The normalized spacial score (nSPS) is 10.8. The number of aromatic nitrogens is 2. The third-order valence-electron chi connectivity index (χ3n) is 4.70. The number of nitrogens with zero attached hydrogens (tertiary/aromatic N) is 2. The first-order valence-electron chi connectivity index (χ1n) is 9.62. The molecule has 0 spiro atoms. The third-order valence-corrected chi connectivity index (χ3v) is 4.96. The van der Waals surface area contributed by atoms with Crippen LogP contribution in [-0.2, 0) is 18.0 Å². The topological polar surface area (TPSA) is 69.9 Å². The van der Waals surface area contributed by atoms with Crippen LogP contribution >= 0.6 is 11.6 Å². The Morgan fingerprint density at radius 3 is 2.61 bits per heavy atom. The van der Waals surface area contributed by atoms with Crippen molar-refractivity contribution in [3.05, 3.63) is 111 Å². The zero-order valence-electron chi connectivity index (χ0n) is 16.7. The van der Waals surface area contributed by atoms with Gasteiger partial charge in [0, 0.05) is 17.3 Å². The molecule has 156 valence electrons. The van der Waals surface area contributed by atoms with Crippen LogP contribution in [0, 0.1) is 6.92 Å². The van der Waals surface area contributed by atoms with E-state index in [2.05, 4.69) is 4.98 Å². The molecule has 6 nitrogen and oxygen atoms in total. The SMILES string of the molecule is Cc1cccn2c(=O)cc(COC(=O)c3ccccc3OCc3ccc(Cl)cc3)nc12. The minimum absolute atomic E-state index is 0.121. The molecule has 0 saturated carbocycles. The first-order chi connectivity index (χ1) is 15.0. The molecule has 0 aliphatic carbocycles. The number of carbonyl (C=O) groups is 1. The molecule has 0 saturated heterocycles. The van der Waals surface area contributed by atoms with Gasteiger partial charge in [-0.2, -0.15) is 0 Å². The van der Waals surface area contributed by atoms with E-state index >= 15 is 0 Å². The maximum absolute atomic E-state index is 12.7. The molecule has 0 fully saturated rings. The lowest BCUT2D eigenvalue weighted by Crippen LogP contribution is -2.17. The number of para-hydroxylation sites is 1. The van der Waals surface area contributed by atoms with Gasteiger partial charge in [-0.05, 0) is 48.4 Å². The van der Waals surface area contributed by atoms with Gasteiger partial charge >= 0.3 is 5.97 Å². The summed E-state index contributed by atoms with van der Waals surface area (Å²) in [6.45, 7) is 2.03. The zero-order valence-corrected chi connectivity index (χ0v) is 17.5. The standard InChI is InChI=1S/C24H19ClN2O4/c1-16-5-4-12-27-22(28)13-19(26-23(16)27)15-31-24(29)20-6-2-3-7-21(20)30-14-17-8-10-18(25)11-9-17/h2-13H,14-15H2,1H3. The summed E-state index contributed by atoms with van der Waals surface area (Å²) in [4.78, 5) is 29.4. The predicted molar refractivity (Wildman–Crippen MR) is 118 cm³/mol. The number of esters is 1. The van der Waals surface area contributed by atoms with Gasteiger partial charge in [0.25, 0.3) is 5.56 Å². The minimum atomic E-state index is -0.557. The highest BCUT2D eigenvalue weighted by Crippen LogP contribution is 2.21. The molecule has 0 atom stereocenters. The molecule has 31 heavy (non-hydrogen) atoms. The third kappa shape index (κ3) is 4.75. The lowest BCUT2D eigenvalue weighted by molar-refractivity contribution is 0.0462. The molecule has 0 N–H and O–H groups in total. The van der Waals surface area contributed by atoms with Crippen molar-refractivity contribution in [3.63, 3.8) is 0 Å². The van der Waals surface area contributed by atoms with Crippen LogP contribution in [0.4, 0.5) is 0 Å². The summed E-state index contributed by atoms with van der Waals surface area (Å²) in [6, 6.07) is 19.1. The summed E-state index contributed by atoms with van der Waals surface area (Å²) in [5, 5.41) is 0.643. The number of carbonyl (C=O) groups excluding carboxylic acids is 1. The Morgan fingerprint density at radius 1 is 1.03 bits per heavy atom. The van der Waals surface area contributed by atoms with E-state index in [9.17, 15) is 9.59 Å². The Labute approximate surface area is 183 Å². The quantitative estimate of drug-likeness (QED) is 0.415. The van der Waals surface area contributed by atoms with Gasteiger partial charge in [0.15, 0.2) is 0 Å². The Kier molecular flexibility index (Phi) is 6.00. The summed E-state index contributed by atoms with van der Waals surface area (Å²) in [7, 11) is 0. The highest BCUT2D eigenvalue weighted by molar-refractivity contribution is 6.30. The molecule has 0 amide bonds. The highest BCUT2D eigenvalue weighted by Gasteiger charge is 2.15. The molecular formula is C24H19ClN2O4. The van der Waals surface area contributed by atoms with E-state index in [0.29, 0.717) is 27.7 Å². The molecular weight excluding hydrogens is 416 g/mol. The number of pyridine rings is 1. The monoisotopic (exact) mass is 434 g/mol. The molecule has 0 unspecified atom stereocenters. The first kappa shape index (κ1) is 20.6. The summed E-state index contributed by atoms with van der Waals surface area (Å²) in [6.07, 6.45) is 1.65. The van der Waals surface area contributed by atoms with E-state index in [4.69, 9.17) is 21.1 Å². The molecule has 0 bridgehead atoms.